The van der Waals surface area contributed by atoms with Gasteiger partial charge in [0.2, 0.25) is 0 Å². The number of carbonyl (C=O) groups is 3. The maximum atomic E-state index is 12.5. The van der Waals surface area contributed by atoms with E-state index >= 15 is 0 Å². The summed E-state index contributed by atoms with van der Waals surface area (Å²) in [5.41, 5.74) is 2.82. The van der Waals surface area contributed by atoms with E-state index in [0.717, 1.165) is 11.1 Å². The normalized spacial score (nSPS) is 14.5. The van der Waals surface area contributed by atoms with Gasteiger partial charge in [-0.05, 0) is 40.9 Å². The van der Waals surface area contributed by atoms with Crippen LogP contribution in [0.3, 0.4) is 0 Å². The van der Waals surface area contributed by atoms with E-state index in [9.17, 15) is 19.4 Å². The number of amides is 2. The van der Waals surface area contributed by atoms with Gasteiger partial charge in [-0.15, -0.1) is 0 Å². The Balaban J connectivity index is 1.53. The monoisotopic (exact) mass is 381 g/mol. The van der Waals surface area contributed by atoms with Crippen LogP contribution in [0.15, 0.2) is 36.4 Å². The molecule has 2 heterocycles. The third-order valence-corrected chi connectivity index (χ3v) is 4.53. The van der Waals surface area contributed by atoms with Crippen molar-refractivity contribution >= 4 is 43.1 Å². The smallest absolute Gasteiger partial charge is 0.502 e. The minimum atomic E-state index is -1.47. The van der Waals surface area contributed by atoms with E-state index in [2.05, 4.69) is 0 Å². The number of imide groups is 1. The summed E-state index contributed by atoms with van der Waals surface area (Å²) in [5, 5.41) is 20.2. The van der Waals surface area contributed by atoms with Crippen molar-refractivity contribution in [3.05, 3.63) is 58.7 Å². The van der Waals surface area contributed by atoms with E-state index in [0.29, 0.717) is 10.9 Å². The summed E-state index contributed by atoms with van der Waals surface area (Å²) in [6, 6.07) is 9.26. The highest BCUT2D eigenvalue weighted by molar-refractivity contribution is 6.65. The summed E-state index contributed by atoms with van der Waals surface area (Å²) >= 11 is 0. The van der Waals surface area contributed by atoms with Crippen LogP contribution in [-0.2, 0) is 27.2 Å². The van der Waals surface area contributed by atoms with E-state index < -0.39 is 32.2 Å². The van der Waals surface area contributed by atoms with Crippen LogP contribution in [0.2, 0.25) is 0 Å². The molecule has 0 aromatic heterocycles. The maximum Gasteiger partial charge on any atom is 0.565 e. The Morgan fingerprint density at radius 1 is 0.964 bits per heavy atom. The van der Waals surface area contributed by atoms with Gasteiger partial charge in [0.05, 0.1) is 18.8 Å². The zero-order valence-corrected chi connectivity index (χ0v) is 14.4. The summed E-state index contributed by atoms with van der Waals surface area (Å²) < 4.78 is 16.0. The fourth-order valence-electron chi connectivity index (χ4n) is 3.12. The SMILES string of the molecule is O=C(O)NC(=O)c1ccc2c(c1)B(OC(=O)c1ccc3c(c1)B(O)OC3)OC2. The molecule has 0 radical (unpaired) electrons. The topological polar surface area (TPSA) is 131 Å². The van der Waals surface area contributed by atoms with Crippen LogP contribution in [0.1, 0.15) is 31.8 Å². The average molecular weight is 381 g/mol. The second-order valence-corrected chi connectivity index (χ2v) is 6.30. The molecule has 2 amide bonds. The van der Waals surface area contributed by atoms with Gasteiger partial charge in [0, 0.05) is 11.0 Å². The molecular weight excluding hydrogens is 368 g/mol. The van der Waals surface area contributed by atoms with Crippen LogP contribution in [0.4, 0.5) is 4.79 Å². The Morgan fingerprint density at radius 3 is 2.36 bits per heavy atom. The number of benzene rings is 2. The quantitative estimate of drug-likeness (QED) is 0.601. The van der Waals surface area contributed by atoms with E-state index in [-0.39, 0.29) is 24.3 Å². The van der Waals surface area contributed by atoms with Crippen LogP contribution in [0.25, 0.3) is 0 Å². The lowest BCUT2D eigenvalue weighted by Gasteiger charge is -2.10. The first-order chi connectivity index (χ1) is 13.4. The predicted molar refractivity (Wildman–Crippen MR) is 96.4 cm³/mol. The summed E-state index contributed by atoms with van der Waals surface area (Å²) in [7, 11) is -2.11. The van der Waals surface area contributed by atoms with Crippen LogP contribution in [0, 0.1) is 0 Å². The lowest BCUT2D eigenvalue weighted by molar-refractivity contribution is 0.0689. The number of nitrogens with one attached hydrogen (secondary N) is 1. The van der Waals surface area contributed by atoms with Gasteiger partial charge < -0.3 is 24.1 Å². The highest BCUT2D eigenvalue weighted by atomic mass is 16.6. The van der Waals surface area contributed by atoms with E-state index in [1.165, 1.54) is 18.2 Å². The molecule has 28 heavy (non-hydrogen) atoms. The van der Waals surface area contributed by atoms with Crippen LogP contribution >= 0.6 is 0 Å². The molecule has 0 bridgehead atoms. The molecule has 140 valence electrons. The molecule has 0 aliphatic carbocycles. The first kappa shape index (κ1) is 18.2. The highest BCUT2D eigenvalue weighted by Gasteiger charge is 2.36. The Kier molecular flexibility index (Phi) is 4.63. The third kappa shape index (κ3) is 3.38. The van der Waals surface area contributed by atoms with Gasteiger partial charge in [0.25, 0.3) is 5.91 Å². The van der Waals surface area contributed by atoms with Gasteiger partial charge in [-0.1, -0.05) is 12.1 Å². The van der Waals surface area contributed by atoms with Crippen LogP contribution in [0.5, 0.6) is 0 Å². The zero-order chi connectivity index (χ0) is 19.8. The Labute approximate surface area is 159 Å². The van der Waals surface area contributed by atoms with Crippen molar-refractivity contribution in [3.63, 3.8) is 0 Å². The number of rotatable bonds is 3. The van der Waals surface area contributed by atoms with Crippen molar-refractivity contribution in [2.45, 2.75) is 13.2 Å². The number of hydrogen-bond acceptors (Lipinski definition) is 7. The number of fused-ring (bicyclic) bond motifs is 2. The highest BCUT2D eigenvalue weighted by Crippen LogP contribution is 2.16. The molecule has 0 atom stereocenters. The average Bonchev–Trinajstić information content (AvgIpc) is 3.24. The Morgan fingerprint density at radius 2 is 1.61 bits per heavy atom. The van der Waals surface area contributed by atoms with E-state index in [1.54, 1.807) is 23.5 Å². The molecule has 0 spiro atoms. The van der Waals surface area contributed by atoms with E-state index in [4.69, 9.17) is 19.1 Å². The van der Waals surface area contributed by atoms with Gasteiger partial charge >= 0.3 is 26.3 Å². The van der Waals surface area contributed by atoms with Crippen molar-refractivity contribution in [1.82, 2.24) is 5.32 Å². The van der Waals surface area contributed by atoms with Crippen molar-refractivity contribution in [1.29, 1.82) is 0 Å². The Bertz CT molecular complexity index is 995. The van der Waals surface area contributed by atoms with Gasteiger partial charge in [-0.25, -0.2) is 9.59 Å². The minimum absolute atomic E-state index is 0.102. The second-order valence-electron chi connectivity index (χ2n) is 6.30. The predicted octanol–water partition coefficient (Wildman–Crippen LogP) is -0.606. The lowest BCUT2D eigenvalue weighted by atomic mass is 9.77. The lowest BCUT2D eigenvalue weighted by Crippen LogP contribution is -2.36. The molecule has 3 N–H and O–H groups in total. The van der Waals surface area contributed by atoms with Gasteiger partial charge in [0.1, 0.15) is 0 Å². The number of hydrogen-bond donors (Lipinski definition) is 3. The zero-order valence-electron chi connectivity index (χ0n) is 14.4. The molecule has 9 nitrogen and oxygen atoms in total. The minimum Gasteiger partial charge on any atom is -0.502 e. The van der Waals surface area contributed by atoms with Crippen molar-refractivity contribution < 1.29 is 38.5 Å². The molecule has 2 aromatic rings. The second kappa shape index (κ2) is 7.12. The van der Waals surface area contributed by atoms with Crippen molar-refractivity contribution in [2.75, 3.05) is 0 Å². The van der Waals surface area contributed by atoms with Crippen LogP contribution < -0.4 is 16.2 Å². The largest absolute Gasteiger partial charge is 0.565 e. The molecule has 0 saturated heterocycles. The molecule has 0 fully saturated rings. The maximum absolute atomic E-state index is 12.5. The molecule has 2 aliphatic heterocycles. The number of carbonyl (C=O) groups excluding carboxylic acids is 2. The number of carboxylic acid groups (broad SMARTS) is 1. The first-order valence-corrected chi connectivity index (χ1v) is 8.34. The molecule has 2 aliphatic rings. The summed E-state index contributed by atoms with van der Waals surface area (Å²) in [4.78, 5) is 35.0. The summed E-state index contributed by atoms with van der Waals surface area (Å²) in [6.07, 6.45) is -1.47. The molecular formula is C17H13B2NO8. The molecule has 11 heteroatoms. The molecule has 2 aromatic carbocycles. The summed E-state index contributed by atoms with van der Waals surface area (Å²) in [5.74, 6) is -1.46. The van der Waals surface area contributed by atoms with Crippen LogP contribution in [-0.4, -0.2) is 42.3 Å². The molecule has 4 rings (SSSR count). The fourth-order valence-corrected chi connectivity index (χ4v) is 3.12. The van der Waals surface area contributed by atoms with E-state index in [1.807, 2.05) is 0 Å². The third-order valence-electron chi connectivity index (χ3n) is 4.53. The van der Waals surface area contributed by atoms with Crippen molar-refractivity contribution in [3.8, 4) is 0 Å². The summed E-state index contributed by atoms with van der Waals surface area (Å²) in [6.45, 7) is 0.455. The van der Waals surface area contributed by atoms with Gasteiger partial charge in [-0.2, -0.15) is 0 Å². The van der Waals surface area contributed by atoms with Gasteiger partial charge in [0.15, 0.2) is 0 Å². The fraction of sp³-hybridized carbons (Fsp3) is 0.118. The Hall–Kier alpha value is -3.14. The molecule has 0 unspecified atom stereocenters. The first-order valence-electron chi connectivity index (χ1n) is 8.34. The van der Waals surface area contributed by atoms with Gasteiger partial charge in [-0.3, -0.25) is 10.1 Å². The van der Waals surface area contributed by atoms with Crippen molar-refractivity contribution in [2.24, 2.45) is 0 Å². The standard InChI is InChI=1S/C17H13B2NO8/c21-15(20-17(23)24)9-1-3-12-8-27-19(14(12)5-9)28-16(22)10-2-4-11-7-26-18(25)13(11)6-10/h1-6,25H,7-8H2,(H,20,21)(H,23,24). The molecule has 0 saturated carbocycles.